The van der Waals surface area contributed by atoms with Crippen LogP contribution < -0.4 is 11.1 Å². The number of benzene rings is 1. The summed E-state index contributed by atoms with van der Waals surface area (Å²) < 4.78 is 1.02. The van der Waals surface area contributed by atoms with Crippen LogP contribution in [-0.2, 0) is 4.79 Å². The Morgan fingerprint density at radius 3 is 2.68 bits per heavy atom. The van der Waals surface area contributed by atoms with Crippen molar-refractivity contribution in [3.05, 3.63) is 28.2 Å². The van der Waals surface area contributed by atoms with Crippen LogP contribution in [0.4, 0.5) is 5.69 Å². The smallest absolute Gasteiger partial charge is 0.226 e. The molecule has 1 amide bonds. The van der Waals surface area contributed by atoms with E-state index in [4.69, 9.17) is 5.73 Å². The molecule has 0 unspecified atom stereocenters. The largest absolute Gasteiger partial charge is 0.326 e. The maximum absolute atomic E-state index is 12.1. The number of rotatable bonds is 3. The van der Waals surface area contributed by atoms with Crippen molar-refractivity contribution in [2.75, 3.05) is 5.32 Å². The first-order valence-corrected chi connectivity index (χ1v) is 7.63. The van der Waals surface area contributed by atoms with Crippen molar-refractivity contribution in [3.8, 4) is 0 Å². The normalized spacial score (nSPS) is 18.1. The van der Waals surface area contributed by atoms with E-state index in [9.17, 15) is 4.79 Å². The third kappa shape index (κ3) is 4.05. The van der Waals surface area contributed by atoms with E-state index < -0.39 is 0 Å². The summed E-state index contributed by atoms with van der Waals surface area (Å²) in [6.07, 6.45) is 5.86. The van der Waals surface area contributed by atoms with Crippen molar-refractivity contribution >= 4 is 27.5 Å². The van der Waals surface area contributed by atoms with Gasteiger partial charge in [0, 0.05) is 22.1 Å². The van der Waals surface area contributed by atoms with Crippen LogP contribution in [0, 0.1) is 6.92 Å². The standard InChI is InChI=1S/C15H21BrN2O/c1-11-9-12(16)5-6-13(11)18-14(19)10-15(17)7-3-2-4-8-15/h5-6,9H,2-4,7-8,10,17H2,1H3,(H,18,19). The Labute approximate surface area is 123 Å². The highest BCUT2D eigenvalue weighted by molar-refractivity contribution is 9.10. The summed E-state index contributed by atoms with van der Waals surface area (Å²) in [4.78, 5) is 12.1. The van der Waals surface area contributed by atoms with Crippen LogP contribution in [0.25, 0.3) is 0 Å². The Kier molecular flexibility index (Phi) is 4.63. The van der Waals surface area contributed by atoms with Crippen LogP contribution in [0.5, 0.6) is 0 Å². The molecule has 3 nitrogen and oxygen atoms in total. The minimum atomic E-state index is -0.300. The number of carbonyl (C=O) groups is 1. The van der Waals surface area contributed by atoms with E-state index in [1.807, 2.05) is 25.1 Å². The van der Waals surface area contributed by atoms with E-state index in [1.54, 1.807) is 0 Å². The van der Waals surface area contributed by atoms with Gasteiger partial charge in [0.05, 0.1) is 0 Å². The Morgan fingerprint density at radius 2 is 2.05 bits per heavy atom. The van der Waals surface area contributed by atoms with Gasteiger partial charge in [-0.05, 0) is 43.5 Å². The number of aryl methyl sites for hydroxylation is 1. The molecule has 1 aromatic carbocycles. The van der Waals surface area contributed by atoms with Gasteiger partial charge in [0.1, 0.15) is 0 Å². The number of hydrogen-bond acceptors (Lipinski definition) is 2. The molecule has 1 aliphatic carbocycles. The van der Waals surface area contributed by atoms with Crippen LogP contribution >= 0.6 is 15.9 Å². The molecular weight excluding hydrogens is 304 g/mol. The lowest BCUT2D eigenvalue weighted by Crippen LogP contribution is -2.44. The van der Waals surface area contributed by atoms with Gasteiger partial charge in [0.2, 0.25) is 5.91 Å². The molecule has 2 rings (SSSR count). The molecule has 0 aromatic heterocycles. The van der Waals surface area contributed by atoms with E-state index >= 15 is 0 Å². The number of hydrogen-bond donors (Lipinski definition) is 2. The highest BCUT2D eigenvalue weighted by atomic mass is 79.9. The predicted octanol–water partition coefficient (Wildman–Crippen LogP) is 3.75. The van der Waals surface area contributed by atoms with Crippen LogP contribution in [0.3, 0.4) is 0 Å². The van der Waals surface area contributed by atoms with Gasteiger partial charge in [-0.25, -0.2) is 0 Å². The Bertz CT molecular complexity index is 467. The fourth-order valence-corrected chi connectivity index (χ4v) is 3.19. The van der Waals surface area contributed by atoms with E-state index in [-0.39, 0.29) is 11.4 Å². The third-order valence-electron chi connectivity index (χ3n) is 3.82. The molecule has 1 saturated carbocycles. The zero-order valence-corrected chi connectivity index (χ0v) is 12.9. The van der Waals surface area contributed by atoms with Crippen LogP contribution in [-0.4, -0.2) is 11.4 Å². The van der Waals surface area contributed by atoms with Crippen molar-refractivity contribution in [2.24, 2.45) is 5.73 Å². The Balaban J connectivity index is 1.97. The maximum atomic E-state index is 12.1. The minimum absolute atomic E-state index is 0.0230. The quantitative estimate of drug-likeness (QED) is 0.889. The van der Waals surface area contributed by atoms with Gasteiger partial charge in [-0.15, -0.1) is 0 Å². The van der Waals surface area contributed by atoms with Crippen molar-refractivity contribution < 1.29 is 4.79 Å². The molecule has 0 spiro atoms. The summed E-state index contributed by atoms with van der Waals surface area (Å²) in [6, 6.07) is 5.84. The molecule has 1 aromatic rings. The summed E-state index contributed by atoms with van der Waals surface area (Å²) in [5, 5.41) is 2.97. The molecule has 3 N–H and O–H groups in total. The number of carbonyl (C=O) groups excluding carboxylic acids is 1. The second-order valence-corrected chi connectivity index (χ2v) is 6.52. The number of halogens is 1. The molecule has 4 heteroatoms. The lowest BCUT2D eigenvalue weighted by atomic mass is 9.80. The Hall–Kier alpha value is -0.870. The average molecular weight is 325 g/mol. The van der Waals surface area contributed by atoms with Gasteiger partial charge >= 0.3 is 0 Å². The molecule has 0 radical (unpaired) electrons. The molecule has 0 bridgehead atoms. The molecule has 0 atom stereocenters. The number of nitrogens with one attached hydrogen (secondary N) is 1. The van der Waals surface area contributed by atoms with E-state index in [2.05, 4.69) is 21.2 Å². The lowest BCUT2D eigenvalue weighted by Gasteiger charge is -2.32. The maximum Gasteiger partial charge on any atom is 0.226 e. The van der Waals surface area contributed by atoms with Crippen molar-refractivity contribution in [1.29, 1.82) is 0 Å². The first-order valence-electron chi connectivity index (χ1n) is 6.83. The van der Waals surface area contributed by atoms with Crippen LogP contribution in [0.15, 0.2) is 22.7 Å². The summed E-state index contributed by atoms with van der Waals surface area (Å²) in [5.41, 5.74) is 7.93. The first kappa shape index (κ1) is 14.5. The van der Waals surface area contributed by atoms with Crippen LogP contribution in [0.2, 0.25) is 0 Å². The number of nitrogens with two attached hydrogens (primary N) is 1. The first-order chi connectivity index (χ1) is 8.98. The van der Waals surface area contributed by atoms with Crippen molar-refractivity contribution in [1.82, 2.24) is 0 Å². The SMILES string of the molecule is Cc1cc(Br)ccc1NC(=O)CC1(N)CCCCC1. The Morgan fingerprint density at radius 1 is 1.37 bits per heavy atom. The van der Waals surface area contributed by atoms with Gasteiger partial charge in [0.25, 0.3) is 0 Å². The monoisotopic (exact) mass is 324 g/mol. The molecule has 1 aliphatic rings. The van der Waals surface area contributed by atoms with Gasteiger partial charge < -0.3 is 11.1 Å². The molecule has 0 aliphatic heterocycles. The highest BCUT2D eigenvalue weighted by Crippen LogP contribution is 2.29. The number of anilines is 1. The summed E-state index contributed by atoms with van der Waals surface area (Å²) in [5.74, 6) is 0.0230. The summed E-state index contributed by atoms with van der Waals surface area (Å²) >= 11 is 3.42. The minimum Gasteiger partial charge on any atom is -0.326 e. The van der Waals surface area contributed by atoms with Gasteiger partial charge in [0.15, 0.2) is 0 Å². The van der Waals surface area contributed by atoms with E-state index in [0.29, 0.717) is 6.42 Å². The molecule has 19 heavy (non-hydrogen) atoms. The molecular formula is C15H21BrN2O. The summed E-state index contributed by atoms with van der Waals surface area (Å²) in [6.45, 7) is 1.99. The predicted molar refractivity (Wildman–Crippen MR) is 82.1 cm³/mol. The summed E-state index contributed by atoms with van der Waals surface area (Å²) in [7, 11) is 0. The molecule has 1 fully saturated rings. The van der Waals surface area contributed by atoms with E-state index in [0.717, 1.165) is 41.4 Å². The van der Waals surface area contributed by atoms with Crippen molar-refractivity contribution in [2.45, 2.75) is 51.0 Å². The molecule has 0 saturated heterocycles. The van der Waals surface area contributed by atoms with Crippen LogP contribution in [0.1, 0.15) is 44.1 Å². The van der Waals surface area contributed by atoms with E-state index in [1.165, 1.54) is 6.42 Å². The van der Waals surface area contributed by atoms with Gasteiger partial charge in [-0.3, -0.25) is 4.79 Å². The highest BCUT2D eigenvalue weighted by Gasteiger charge is 2.30. The zero-order valence-electron chi connectivity index (χ0n) is 11.3. The second-order valence-electron chi connectivity index (χ2n) is 5.61. The fourth-order valence-electron chi connectivity index (χ4n) is 2.71. The second kappa shape index (κ2) is 6.06. The molecule has 0 heterocycles. The third-order valence-corrected chi connectivity index (χ3v) is 4.32. The average Bonchev–Trinajstić information content (AvgIpc) is 2.33. The lowest BCUT2D eigenvalue weighted by molar-refractivity contribution is -0.117. The molecule has 104 valence electrons. The topological polar surface area (TPSA) is 55.1 Å². The van der Waals surface area contributed by atoms with Gasteiger partial charge in [-0.2, -0.15) is 0 Å². The van der Waals surface area contributed by atoms with Crippen molar-refractivity contribution in [3.63, 3.8) is 0 Å². The zero-order chi connectivity index (χ0) is 13.9. The van der Waals surface area contributed by atoms with Gasteiger partial charge in [-0.1, -0.05) is 35.2 Å². The fraction of sp³-hybridized carbons (Fsp3) is 0.533. The number of amides is 1.